The molecule has 0 radical (unpaired) electrons. The van der Waals surface area contributed by atoms with Crippen molar-refractivity contribution in [2.45, 2.75) is 43.9 Å². The molecule has 1 unspecified atom stereocenters. The number of thiazole rings is 1. The highest BCUT2D eigenvalue weighted by molar-refractivity contribution is 8.14. The third-order valence-corrected chi connectivity index (χ3v) is 5.74. The normalized spacial score (nSPS) is 25.9. The number of rotatable bonds is 2. The Hall–Kier alpha value is -0.920. The SMILES string of the molecule is CC(=O)SC1CC(=O)N(c2nc3c(s2)C[C@@H](N)CC3)C1. The number of anilines is 1. The van der Waals surface area contributed by atoms with Gasteiger partial charge in [-0.1, -0.05) is 11.8 Å². The molecule has 1 aromatic heterocycles. The predicted octanol–water partition coefficient (Wildman–Crippen LogP) is 1.34. The Morgan fingerprint density at radius 1 is 1.50 bits per heavy atom. The number of aromatic nitrogens is 1. The van der Waals surface area contributed by atoms with Gasteiger partial charge >= 0.3 is 0 Å². The van der Waals surface area contributed by atoms with Gasteiger partial charge in [-0.15, -0.1) is 11.3 Å². The molecular weight excluding hydrogens is 294 g/mol. The molecule has 2 aliphatic rings. The van der Waals surface area contributed by atoms with Crippen LogP contribution in [0.15, 0.2) is 0 Å². The molecular formula is C13H17N3O2S2. The maximum Gasteiger partial charge on any atom is 0.230 e. The zero-order valence-electron chi connectivity index (χ0n) is 11.3. The Morgan fingerprint density at radius 3 is 3.05 bits per heavy atom. The number of hydrogen-bond donors (Lipinski definition) is 1. The predicted molar refractivity (Wildman–Crippen MR) is 81.1 cm³/mol. The van der Waals surface area contributed by atoms with Gasteiger partial charge in [0.05, 0.1) is 5.69 Å². The summed E-state index contributed by atoms with van der Waals surface area (Å²) < 4.78 is 0. The number of thioether (sulfide) groups is 1. The third-order valence-electron chi connectivity index (χ3n) is 3.62. The van der Waals surface area contributed by atoms with Gasteiger partial charge in [0, 0.05) is 36.1 Å². The highest BCUT2D eigenvalue weighted by Gasteiger charge is 2.34. The van der Waals surface area contributed by atoms with Gasteiger partial charge in [0.2, 0.25) is 5.91 Å². The number of hydrogen-bond acceptors (Lipinski definition) is 6. The summed E-state index contributed by atoms with van der Waals surface area (Å²) in [6.07, 6.45) is 3.16. The largest absolute Gasteiger partial charge is 0.327 e. The van der Waals surface area contributed by atoms with Crippen LogP contribution < -0.4 is 10.6 Å². The monoisotopic (exact) mass is 311 g/mol. The minimum Gasteiger partial charge on any atom is -0.327 e. The lowest BCUT2D eigenvalue weighted by atomic mass is 9.99. The fraction of sp³-hybridized carbons (Fsp3) is 0.615. The minimum absolute atomic E-state index is 0.0585. The lowest BCUT2D eigenvalue weighted by Gasteiger charge is -2.15. The third kappa shape index (κ3) is 2.75. The van der Waals surface area contributed by atoms with Crippen LogP contribution in [0.4, 0.5) is 5.13 Å². The van der Waals surface area contributed by atoms with Crippen molar-refractivity contribution < 1.29 is 9.59 Å². The first-order chi connectivity index (χ1) is 9.52. The summed E-state index contributed by atoms with van der Waals surface area (Å²) in [4.78, 5) is 30.8. The molecule has 7 heteroatoms. The van der Waals surface area contributed by atoms with Crippen LogP contribution in [0.5, 0.6) is 0 Å². The smallest absolute Gasteiger partial charge is 0.230 e. The summed E-state index contributed by atoms with van der Waals surface area (Å²) in [5, 5.41) is 0.901. The molecule has 0 aromatic carbocycles. The van der Waals surface area contributed by atoms with Crippen LogP contribution >= 0.6 is 23.1 Å². The van der Waals surface area contributed by atoms with Crippen LogP contribution in [0.1, 0.15) is 30.3 Å². The zero-order chi connectivity index (χ0) is 14.3. The van der Waals surface area contributed by atoms with Gasteiger partial charge in [0.15, 0.2) is 10.2 Å². The van der Waals surface area contributed by atoms with Crippen LogP contribution in [-0.2, 0) is 22.4 Å². The maximum atomic E-state index is 12.1. The second-order valence-electron chi connectivity index (χ2n) is 5.31. The van der Waals surface area contributed by atoms with Crippen molar-refractivity contribution in [3.05, 3.63) is 10.6 Å². The van der Waals surface area contributed by atoms with Gasteiger partial charge in [0.25, 0.3) is 0 Å². The zero-order valence-corrected chi connectivity index (χ0v) is 12.9. The standard InChI is InChI=1S/C13H17N3O2S2/c1-7(17)19-9-5-12(18)16(6-9)13-15-10-3-2-8(14)4-11(10)20-13/h8-9H,2-6,14H2,1H3/t8-,9?/m0/s1. The van der Waals surface area contributed by atoms with E-state index in [-0.39, 0.29) is 22.3 Å². The van der Waals surface area contributed by atoms with E-state index in [9.17, 15) is 9.59 Å². The molecule has 0 spiro atoms. The van der Waals surface area contributed by atoms with Gasteiger partial charge in [-0.3, -0.25) is 14.5 Å². The molecule has 2 atom stereocenters. The van der Waals surface area contributed by atoms with E-state index < -0.39 is 0 Å². The van der Waals surface area contributed by atoms with E-state index in [1.165, 1.54) is 16.6 Å². The Balaban J connectivity index is 1.76. The van der Waals surface area contributed by atoms with Crippen molar-refractivity contribution in [3.8, 4) is 0 Å². The number of nitrogens with two attached hydrogens (primary N) is 1. The average Bonchev–Trinajstić information content (AvgIpc) is 2.91. The molecule has 5 nitrogen and oxygen atoms in total. The Labute approximate surface area is 125 Å². The summed E-state index contributed by atoms with van der Waals surface area (Å²) in [5.41, 5.74) is 7.07. The van der Waals surface area contributed by atoms with Crippen LogP contribution in [0, 0.1) is 0 Å². The molecule has 3 rings (SSSR count). The van der Waals surface area contributed by atoms with E-state index in [1.54, 1.807) is 23.2 Å². The van der Waals surface area contributed by atoms with Crippen molar-refractivity contribution in [1.82, 2.24) is 4.98 Å². The number of carbonyl (C=O) groups excluding carboxylic acids is 2. The van der Waals surface area contributed by atoms with Crippen LogP contribution in [-0.4, -0.2) is 33.8 Å². The molecule has 0 bridgehead atoms. The highest BCUT2D eigenvalue weighted by Crippen LogP contribution is 2.35. The van der Waals surface area contributed by atoms with Crippen molar-refractivity contribution >= 4 is 39.3 Å². The fourth-order valence-corrected chi connectivity index (χ4v) is 4.82. The van der Waals surface area contributed by atoms with E-state index in [2.05, 4.69) is 4.98 Å². The molecule has 1 aliphatic heterocycles. The summed E-state index contributed by atoms with van der Waals surface area (Å²) in [7, 11) is 0. The van der Waals surface area contributed by atoms with Crippen LogP contribution in [0.2, 0.25) is 0 Å². The lowest BCUT2D eigenvalue weighted by molar-refractivity contribution is -0.117. The first-order valence-electron chi connectivity index (χ1n) is 6.74. The molecule has 1 aliphatic carbocycles. The van der Waals surface area contributed by atoms with Crippen molar-refractivity contribution in [3.63, 3.8) is 0 Å². The fourth-order valence-electron chi connectivity index (χ4n) is 2.68. The van der Waals surface area contributed by atoms with E-state index in [4.69, 9.17) is 5.73 Å². The molecule has 1 fully saturated rings. The van der Waals surface area contributed by atoms with Crippen LogP contribution in [0.3, 0.4) is 0 Å². The first kappa shape index (κ1) is 14.0. The van der Waals surface area contributed by atoms with E-state index in [0.29, 0.717) is 13.0 Å². The van der Waals surface area contributed by atoms with Crippen molar-refractivity contribution in [2.75, 3.05) is 11.4 Å². The van der Waals surface area contributed by atoms with Gasteiger partial charge in [-0.25, -0.2) is 4.98 Å². The second kappa shape index (κ2) is 5.46. The molecule has 1 amide bonds. The second-order valence-corrected chi connectivity index (χ2v) is 7.85. The number of nitrogens with zero attached hydrogens (tertiary/aromatic N) is 2. The average molecular weight is 311 g/mol. The Morgan fingerprint density at radius 2 is 2.30 bits per heavy atom. The number of aryl methyl sites for hydroxylation is 1. The maximum absolute atomic E-state index is 12.1. The van der Waals surface area contributed by atoms with E-state index in [0.717, 1.165) is 30.1 Å². The number of amides is 1. The summed E-state index contributed by atoms with van der Waals surface area (Å²) in [6, 6.07) is 0.214. The summed E-state index contributed by atoms with van der Waals surface area (Å²) >= 11 is 2.84. The van der Waals surface area contributed by atoms with Gasteiger partial charge < -0.3 is 5.73 Å². The van der Waals surface area contributed by atoms with E-state index in [1.807, 2.05) is 0 Å². The quantitative estimate of drug-likeness (QED) is 0.892. The molecule has 2 N–H and O–H groups in total. The first-order valence-corrected chi connectivity index (χ1v) is 8.44. The summed E-state index contributed by atoms with van der Waals surface area (Å²) in [5.74, 6) is 0.0687. The number of carbonyl (C=O) groups is 2. The van der Waals surface area contributed by atoms with Crippen molar-refractivity contribution in [2.24, 2.45) is 5.73 Å². The summed E-state index contributed by atoms with van der Waals surface area (Å²) in [6.45, 7) is 2.13. The van der Waals surface area contributed by atoms with Gasteiger partial charge in [0.1, 0.15) is 0 Å². The minimum atomic E-state index is 0.0585. The van der Waals surface area contributed by atoms with Crippen molar-refractivity contribution in [1.29, 1.82) is 0 Å². The molecule has 2 heterocycles. The van der Waals surface area contributed by atoms with Gasteiger partial charge in [-0.2, -0.15) is 0 Å². The molecule has 108 valence electrons. The molecule has 1 aromatic rings. The number of fused-ring (bicyclic) bond motifs is 1. The van der Waals surface area contributed by atoms with Crippen LogP contribution in [0.25, 0.3) is 0 Å². The van der Waals surface area contributed by atoms with Gasteiger partial charge in [-0.05, 0) is 19.3 Å². The topological polar surface area (TPSA) is 76.3 Å². The molecule has 1 saturated heterocycles. The van der Waals surface area contributed by atoms with E-state index >= 15 is 0 Å². The Kier molecular flexibility index (Phi) is 3.83. The lowest BCUT2D eigenvalue weighted by Crippen LogP contribution is -2.27. The Bertz CT molecular complexity index is 558. The highest BCUT2D eigenvalue weighted by atomic mass is 32.2. The molecule has 0 saturated carbocycles. The molecule has 20 heavy (non-hydrogen) atoms.